The molecule has 2 aromatic rings. The third-order valence-corrected chi connectivity index (χ3v) is 2.88. The summed E-state index contributed by atoms with van der Waals surface area (Å²) in [5.41, 5.74) is 1.16. The Morgan fingerprint density at radius 2 is 2.15 bits per heavy atom. The van der Waals surface area contributed by atoms with E-state index in [9.17, 15) is 13.6 Å². The average Bonchev–Trinajstić information content (AvgIpc) is 2.39. The Morgan fingerprint density at radius 3 is 2.85 bits per heavy atom. The molecule has 0 atom stereocenters. The lowest BCUT2D eigenvalue weighted by Gasteiger charge is -2.11. The van der Waals surface area contributed by atoms with Gasteiger partial charge in [-0.05, 0) is 31.5 Å². The number of benzene rings is 1. The summed E-state index contributed by atoms with van der Waals surface area (Å²) in [6.07, 6.45) is 0.500. The number of carbonyl (C=O) groups is 1. The lowest BCUT2D eigenvalue weighted by atomic mass is 10.1. The van der Waals surface area contributed by atoms with Gasteiger partial charge >= 0.3 is 5.97 Å². The lowest BCUT2D eigenvalue weighted by Crippen LogP contribution is -2.06. The maximum Gasteiger partial charge on any atom is 0.303 e. The molecular weight excluding hydrogens is 266 g/mol. The van der Waals surface area contributed by atoms with E-state index >= 15 is 0 Å². The molecule has 6 heteroatoms. The van der Waals surface area contributed by atoms with E-state index < -0.39 is 17.6 Å². The van der Waals surface area contributed by atoms with Crippen molar-refractivity contribution >= 4 is 22.6 Å². The first-order valence-electron chi connectivity index (χ1n) is 6.20. The van der Waals surface area contributed by atoms with E-state index in [0.717, 1.165) is 6.07 Å². The number of fused-ring (bicyclic) bond motifs is 1. The second-order valence-electron chi connectivity index (χ2n) is 4.49. The molecule has 0 aliphatic rings. The van der Waals surface area contributed by atoms with Crippen LogP contribution in [0.5, 0.6) is 0 Å². The van der Waals surface area contributed by atoms with Crippen LogP contribution in [-0.2, 0) is 4.79 Å². The third-order valence-electron chi connectivity index (χ3n) is 2.88. The van der Waals surface area contributed by atoms with Crippen LogP contribution in [0.15, 0.2) is 18.2 Å². The van der Waals surface area contributed by atoms with Gasteiger partial charge in [0.05, 0.1) is 0 Å². The zero-order valence-electron chi connectivity index (χ0n) is 10.9. The van der Waals surface area contributed by atoms with Crippen molar-refractivity contribution in [3.63, 3.8) is 0 Å². The standard InChI is InChI=1S/C14H14F2N2O2/c1-8-7-11(17-6-2-3-12(19)20)9-4-5-10(15)13(16)14(9)18-8/h4-5,7H,2-3,6H2,1H3,(H,17,18)(H,19,20). The summed E-state index contributed by atoms with van der Waals surface area (Å²) < 4.78 is 26.9. The summed E-state index contributed by atoms with van der Waals surface area (Å²) in [6.45, 7) is 2.12. The molecule has 1 aromatic heterocycles. The number of rotatable bonds is 5. The summed E-state index contributed by atoms with van der Waals surface area (Å²) in [5.74, 6) is -2.78. The highest BCUT2D eigenvalue weighted by molar-refractivity contribution is 5.91. The van der Waals surface area contributed by atoms with Gasteiger partial charge < -0.3 is 10.4 Å². The maximum absolute atomic E-state index is 13.7. The van der Waals surface area contributed by atoms with Gasteiger partial charge in [0.15, 0.2) is 11.6 Å². The molecule has 4 nitrogen and oxygen atoms in total. The van der Waals surface area contributed by atoms with Gasteiger partial charge in [0.2, 0.25) is 0 Å². The molecule has 1 heterocycles. The predicted molar refractivity (Wildman–Crippen MR) is 71.8 cm³/mol. The van der Waals surface area contributed by atoms with Crippen LogP contribution >= 0.6 is 0 Å². The molecule has 2 N–H and O–H groups in total. The van der Waals surface area contributed by atoms with E-state index in [4.69, 9.17) is 5.11 Å². The number of aryl methyl sites for hydroxylation is 1. The first-order valence-corrected chi connectivity index (χ1v) is 6.20. The van der Waals surface area contributed by atoms with Gasteiger partial charge in [-0.25, -0.2) is 13.8 Å². The van der Waals surface area contributed by atoms with Crippen molar-refractivity contribution in [2.45, 2.75) is 19.8 Å². The van der Waals surface area contributed by atoms with Crippen molar-refractivity contribution in [2.24, 2.45) is 0 Å². The third kappa shape index (κ3) is 3.01. The van der Waals surface area contributed by atoms with Gasteiger partial charge in [0.25, 0.3) is 0 Å². The van der Waals surface area contributed by atoms with Gasteiger partial charge in [0, 0.05) is 29.7 Å². The van der Waals surface area contributed by atoms with Gasteiger partial charge in [-0.3, -0.25) is 4.79 Å². The second-order valence-corrected chi connectivity index (χ2v) is 4.49. The first kappa shape index (κ1) is 14.2. The van der Waals surface area contributed by atoms with Crippen LogP contribution in [0.2, 0.25) is 0 Å². The monoisotopic (exact) mass is 280 g/mol. The first-order chi connectivity index (χ1) is 9.49. The molecule has 0 saturated carbocycles. The number of carboxylic acids is 1. The largest absolute Gasteiger partial charge is 0.481 e. The van der Waals surface area contributed by atoms with Gasteiger partial charge in [-0.1, -0.05) is 0 Å². The number of aromatic nitrogens is 1. The fourth-order valence-electron chi connectivity index (χ4n) is 1.97. The number of anilines is 1. The Morgan fingerprint density at radius 1 is 1.40 bits per heavy atom. The summed E-state index contributed by atoms with van der Waals surface area (Å²) in [5, 5.41) is 12.1. The minimum atomic E-state index is -0.972. The minimum Gasteiger partial charge on any atom is -0.481 e. The molecule has 0 amide bonds. The molecule has 106 valence electrons. The molecule has 0 aliphatic heterocycles. The highest BCUT2D eigenvalue weighted by Gasteiger charge is 2.12. The van der Waals surface area contributed by atoms with Crippen LogP contribution in [0, 0.1) is 18.6 Å². The Hall–Kier alpha value is -2.24. The van der Waals surface area contributed by atoms with Crippen LogP contribution in [0.1, 0.15) is 18.5 Å². The molecule has 1 aromatic carbocycles. The van der Waals surface area contributed by atoms with Crippen molar-refractivity contribution in [1.82, 2.24) is 4.98 Å². The molecule has 20 heavy (non-hydrogen) atoms. The van der Waals surface area contributed by atoms with Crippen molar-refractivity contribution in [1.29, 1.82) is 0 Å². The summed E-state index contributed by atoms with van der Waals surface area (Å²) in [6, 6.07) is 4.23. The normalized spacial score (nSPS) is 10.8. The molecule has 0 saturated heterocycles. The molecule has 0 aliphatic carbocycles. The van der Waals surface area contributed by atoms with Crippen LogP contribution in [0.25, 0.3) is 10.9 Å². The van der Waals surface area contributed by atoms with Crippen LogP contribution in [-0.4, -0.2) is 22.6 Å². The molecule has 2 rings (SSSR count). The number of hydrogen-bond donors (Lipinski definition) is 2. The summed E-state index contributed by atoms with van der Waals surface area (Å²) in [7, 11) is 0. The number of hydrogen-bond acceptors (Lipinski definition) is 3. The molecular formula is C14H14F2N2O2. The highest BCUT2D eigenvalue weighted by Crippen LogP contribution is 2.26. The second kappa shape index (κ2) is 5.81. The van der Waals surface area contributed by atoms with Crippen LogP contribution < -0.4 is 5.32 Å². The molecule has 0 radical (unpaired) electrons. The number of nitrogens with zero attached hydrogens (tertiary/aromatic N) is 1. The number of nitrogens with one attached hydrogen (secondary N) is 1. The topological polar surface area (TPSA) is 62.2 Å². The molecule has 0 spiro atoms. The Kier molecular flexibility index (Phi) is 4.12. The van der Waals surface area contributed by atoms with E-state index in [0.29, 0.717) is 29.7 Å². The maximum atomic E-state index is 13.7. The van der Waals surface area contributed by atoms with E-state index in [1.165, 1.54) is 6.07 Å². The van der Waals surface area contributed by atoms with Gasteiger partial charge in [-0.15, -0.1) is 0 Å². The number of aliphatic carboxylic acids is 1. The van der Waals surface area contributed by atoms with Crippen molar-refractivity contribution in [3.8, 4) is 0 Å². The fourth-order valence-corrected chi connectivity index (χ4v) is 1.97. The van der Waals surface area contributed by atoms with Gasteiger partial charge in [0.1, 0.15) is 5.52 Å². The fraction of sp³-hybridized carbons (Fsp3) is 0.286. The van der Waals surface area contributed by atoms with E-state index in [2.05, 4.69) is 10.3 Å². The average molecular weight is 280 g/mol. The predicted octanol–water partition coefficient (Wildman–Crippen LogP) is 3.10. The summed E-state index contributed by atoms with van der Waals surface area (Å²) in [4.78, 5) is 14.4. The van der Waals surface area contributed by atoms with E-state index in [-0.39, 0.29) is 11.9 Å². The summed E-state index contributed by atoms with van der Waals surface area (Å²) >= 11 is 0. The highest BCUT2D eigenvalue weighted by atomic mass is 19.2. The van der Waals surface area contributed by atoms with Crippen LogP contribution in [0.4, 0.5) is 14.5 Å². The molecule has 0 fully saturated rings. The Bertz CT molecular complexity index is 659. The SMILES string of the molecule is Cc1cc(NCCCC(=O)O)c2ccc(F)c(F)c2n1. The number of carboxylic acid groups (broad SMARTS) is 1. The Balaban J connectivity index is 2.29. The van der Waals surface area contributed by atoms with Crippen molar-refractivity contribution < 1.29 is 18.7 Å². The Labute approximate surface area is 114 Å². The molecule has 0 unspecified atom stereocenters. The zero-order valence-corrected chi connectivity index (χ0v) is 10.9. The minimum absolute atomic E-state index is 0.0225. The number of pyridine rings is 1. The van der Waals surface area contributed by atoms with Crippen molar-refractivity contribution in [2.75, 3.05) is 11.9 Å². The lowest BCUT2D eigenvalue weighted by molar-refractivity contribution is -0.137. The zero-order chi connectivity index (χ0) is 14.7. The molecule has 0 bridgehead atoms. The van der Waals surface area contributed by atoms with E-state index in [1.807, 2.05) is 0 Å². The quantitative estimate of drug-likeness (QED) is 0.826. The van der Waals surface area contributed by atoms with Crippen molar-refractivity contribution in [3.05, 3.63) is 35.5 Å². The van der Waals surface area contributed by atoms with Gasteiger partial charge in [-0.2, -0.15) is 0 Å². The number of halogens is 2. The smallest absolute Gasteiger partial charge is 0.303 e. The van der Waals surface area contributed by atoms with E-state index in [1.54, 1.807) is 13.0 Å². The van der Waals surface area contributed by atoms with Crippen LogP contribution in [0.3, 0.4) is 0 Å².